The van der Waals surface area contributed by atoms with E-state index in [4.69, 9.17) is 44.3 Å². The van der Waals surface area contributed by atoms with Crippen LogP contribution >= 0.6 is 46.6 Å². The topological polar surface area (TPSA) is 55.8 Å². The number of hydrogen-bond donors (Lipinski definition) is 0. The highest BCUT2D eigenvalue weighted by Crippen LogP contribution is 2.32. The fourth-order valence-electron chi connectivity index (χ4n) is 3.11. The minimum absolute atomic E-state index is 0.132. The molecule has 0 bridgehead atoms. The number of carbonyl (C=O) groups is 2. The Balaban J connectivity index is 1.33. The molecule has 0 radical (unpaired) electrons. The molecule has 9 heteroatoms. The van der Waals surface area contributed by atoms with Gasteiger partial charge in [-0.1, -0.05) is 65.1 Å². The lowest BCUT2D eigenvalue weighted by molar-refractivity contribution is -0.123. The summed E-state index contributed by atoms with van der Waals surface area (Å²) in [5.41, 5.74) is 1.59. The molecule has 0 unspecified atom stereocenters. The third kappa shape index (κ3) is 6.07. The van der Waals surface area contributed by atoms with Gasteiger partial charge in [0.05, 0.1) is 16.5 Å². The zero-order chi connectivity index (χ0) is 24.1. The van der Waals surface area contributed by atoms with Crippen molar-refractivity contribution in [3.63, 3.8) is 0 Å². The molecule has 34 heavy (non-hydrogen) atoms. The van der Waals surface area contributed by atoms with Crippen LogP contribution in [-0.4, -0.2) is 29.2 Å². The zero-order valence-electron chi connectivity index (χ0n) is 17.7. The van der Waals surface area contributed by atoms with Crippen LogP contribution < -0.4 is 9.47 Å². The molecular formula is C25H18Cl3NO4S. The SMILES string of the molecule is O=C1S/C(=C\c2ccc(OCc3ccc(Cl)cc3Cl)cc2)C(=O)N1CCOc1ccccc1Cl. The Labute approximate surface area is 216 Å². The molecule has 3 aromatic carbocycles. The highest BCUT2D eigenvalue weighted by Gasteiger charge is 2.34. The van der Waals surface area contributed by atoms with Crippen LogP contribution in [0.2, 0.25) is 15.1 Å². The van der Waals surface area contributed by atoms with Gasteiger partial charge < -0.3 is 9.47 Å². The summed E-state index contributed by atoms with van der Waals surface area (Å²) in [6.07, 6.45) is 1.68. The van der Waals surface area contributed by atoms with E-state index in [0.717, 1.165) is 22.9 Å². The normalized spacial score (nSPS) is 14.7. The smallest absolute Gasteiger partial charge is 0.293 e. The van der Waals surface area contributed by atoms with Crippen LogP contribution in [0.5, 0.6) is 11.5 Å². The maximum Gasteiger partial charge on any atom is 0.293 e. The molecule has 0 aliphatic carbocycles. The summed E-state index contributed by atoms with van der Waals surface area (Å²) in [5.74, 6) is 0.802. The van der Waals surface area contributed by atoms with Gasteiger partial charge in [0.25, 0.3) is 11.1 Å². The first kappa shape index (κ1) is 24.5. The molecule has 0 spiro atoms. The van der Waals surface area contributed by atoms with Crippen LogP contribution in [0, 0.1) is 0 Å². The van der Waals surface area contributed by atoms with Crippen LogP contribution in [0.4, 0.5) is 4.79 Å². The van der Waals surface area contributed by atoms with Crippen molar-refractivity contribution in [2.75, 3.05) is 13.2 Å². The van der Waals surface area contributed by atoms with E-state index in [-0.39, 0.29) is 24.3 Å². The van der Waals surface area contributed by atoms with E-state index in [2.05, 4.69) is 0 Å². The largest absolute Gasteiger partial charge is 0.490 e. The van der Waals surface area contributed by atoms with Gasteiger partial charge in [0.2, 0.25) is 0 Å². The van der Waals surface area contributed by atoms with E-state index < -0.39 is 0 Å². The van der Waals surface area contributed by atoms with Crippen molar-refractivity contribution in [2.24, 2.45) is 0 Å². The first-order valence-electron chi connectivity index (χ1n) is 10.2. The maximum absolute atomic E-state index is 12.7. The Morgan fingerprint density at radius 3 is 2.38 bits per heavy atom. The van der Waals surface area contributed by atoms with Gasteiger partial charge in [-0.2, -0.15) is 0 Å². The number of para-hydroxylation sites is 1. The summed E-state index contributed by atoms with van der Waals surface area (Å²) in [4.78, 5) is 26.5. The average molecular weight is 535 g/mol. The van der Waals surface area contributed by atoms with Gasteiger partial charge in [-0.3, -0.25) is 14.5 Å². The molecule has 4 rings (SSSR count). The molecule has 3 aromatic rings. The van der Waals surface area contributed by atoms with E-state index in [1.807, 2.05) is 18.2 Å². The van der Waals surface area contributed by atoms with Gasteiger partial charge in [-0.05, 0) is 59.8 Å². The van der Waals surface area contributed by atoms with Crippen molar-refractivity contribution in [3.8, 4) is 11.5 Å². The number of rotatable bonds is 8. The average Bonchev–Trinajstić information content (AvgIpc) is 3.08. The summed E-state index contributed by atoms with van der Waals surface area (Å²) in [6, 6.07) is 19.5. The number of carbonyl (C=O) groups excluding carboxylic acids is 2. The Hall–Kier alpha value is -2.64. The van der Waals surface area contributed by atoms with Crippen LogP contribution in [-0.2, 0) is 11.4 Å². The summed E-state index contributed by atoms with van der Waals surface area (Å²) in [7, 11) is 0. The van der Waals surface area contributed by atoms with Gasteiger partial charge in [-0.15, -0.1) is 0 Å². The second kappa shape index (κ2) is 11.2. The molecule has 1 heterocycles. The van der Waals surface area contributed by atoms with E-state index in [0.29, 0.717) is 38.1 Å². The third-order valence-electron chi connectivity index (χ3n) is 4.87. The molecule has 1 fully saturated rings. The van der Waals surface area contributed by atoms with Gasteiger partial charge in [0, 0.05) is 15.6 Å². The maximum atomic E-state index is 12.7. The molecule has 1 saturated heterocycles. The predicted octanol–water partition coefficient (Wildman–Crippen LogP) is 7.34. The van der Waals surface area contributed by atoms with Crippen LogP contribution in [0.25, 0.3) is 6.08 Å². The number of benzene rings is 3. The number of halogens is 3. The fraction of sp³-hybridized carbons (Fsp3) is 0.120. The Morgan fingerprint density at radius 1 is 0.882 bits per heavy atom. The monoisotopic (exact) mass is 533 g/mol. The number of ether oxygens (including phenoxy) is 2. The number of nitrogens with zero attached hydrogens (tertiary/aromatic N) is 1. The van der Waals surface area contributed by atoms with Crippen molar-refractivity contribution >= 4 is 63.8 Å². The van der Waals surface area contributed by atoms with Crippen molar-refractivity contribution in [1.82, 2.24) is 4.90 Å². The molecule has 0 aromatic heterocycles. The molecule has 174 valence electrons. The van der Waals surface area contributed by atoms with Gasteiger partial charge in [0.1, 0.15) is 24.7 Å². The molecule has 1 aliphatic heterocycles. The highest BCUT2D eigenvalue weighted by molar-refractivity contribution is 8.18. The first-order valence-corrected chi connectivity index (χ1v) is 12.2. The lowest BCUT2D eigenvalue weighted by Gasteiger charge is -2.13. The molecule has 1 aliphatic rings. The fourth-order valence-corrected chi connectivity index (χ4v) is 4.63. The molecule has 5 nitrogen and oxygen atoms in total. The molecule has 0 atom stereocenters. The van der Waals surface area contributed by atoms with Gasteiger partial charge in [0.15, 0.2) is 0 Å². The van der Waals surface area contributed by atoms with Gasteiger partial charge >= 0.3 is 0 Å². The van der Waals surface area contributed by atoms with Crippen molar-refractivity contribution in [2.45, 2.75) is 6.61 Å². The lowest BCUT2D eigenvalue weighted by atomic mass is 10.2. The number of hydrogen-bond acceptors (Lipinski definition) is 5. The van der Waals surface area contributed by atoms with Crippen LogP contribution in [0.3, 0.4) is 0 Å². The molecule has 0 saturated carbocycles. The third-order valence-corrected chi connectivity index (χ3v) is 6.68. The van der Waals surface area contributed by atoms with E-state index in [1.165, 1.54) is 4.90 Å². The number of amides is 2. The van der Waals surface area contributed by atoms with Crippen LogP contribution in [0.1, 0.15) is 11.1 Å². The molecule has 0 N–H and O–H groups in total. The zero-order valence-corrected chi connectivity index (χ0v) is 20.8. The summed E-state index contributed by atoms with van der Waals surface area (Å²) in [5, 5.41) is 1.24. The predicted molar refractivity (Wildman–Crippen MR) is 137 cm³/mol. The number of thioether (sulfide) groups is 1. The summed E-state index contributed by atoms with van der Waals surface area (Å²) < 4.78 is 11.4. The van der Waals surface area contributed by atoms with Crippen LogP contribution in [0.15, 0.2) is 71.6 Å². The van der Waals surface area contributed by atoms with E-state index in [9.17, 15) is 9.59 Å². The quantitative estimate of drug-likeness (QED) is 0.283. The Bertz CT molecular complexity index is 1250. The second-order valence-corrected chi connectivity index (χ2v) is 9.45. The highest BCUT2D eigenvalue weighted by atomic mass is 35.5. The summed E-state index contributed by atoms with van der Waals surface area (Å²) in [6.45, 7) is 0.580. The Kier molecular flexibility index (Phi) is 8.06. The minimum Gasteiger partial charge on any atom is -0.490 e. The summed E-state index contributed by atoms with van der Waals surface area (Å²) >= 11 is 19.0. The minimum atomic E-state index is -0.351. The van der Waals surface area contributed by atoms with Crippen molar-refractivity contribution < 1.29 is 19.1 Å². The lowest BCUT2D eigenvalue weighted by Crippen LogP contribution is -2.32. The number of imide groups is 1. The van der Waals surface area contributed by atoms with Crippen molar-refractivity contribution in [3.05, 3.63) is 97.8 Å². The molecule has 2 amide bonds. The van der Waals surface area contributed by atoms with E-state index >= 15 is 0 Å². The Morgan fingerprint density at radius 2 is 1.65 bits per heavy atom. The molecular weight excluding hydrogens is 517 g/mol. The second-order valence-electron chi connectivity index (χ2n) is 7.21. The van der Waals surface area contributed by atoms with E-state index in [1.54, 1.807) is 54.6 Å². The first-order chi connectivity index (χ1) is 16.4. The van der Waals surface area contributed by atoms with Crippen molar-refractivity contribution in [1.29, 1.82) is 0 Å². The standard InChI is InChI=1S/C25H18Cl3NO4S/c26-18-8-7-17(21(28)14-18)15-33-19-9-5-16(6-10-19)13-23-24(30)29(25(31)34-23)11-12-32-22-4-2-1-3-20(22)27/h1-10,13-14H,11-12,15H2/b23-13-. The van der Waals surface area contributed by atoms with Gasteiger partial charge in [-0.25, -0.2) is 0 Å².